The molecule has 0 bridgehead atoms. The Hall–Kier alpha value is -0.790. The number of aliphatic hydroxyl groups excluding tert-OH is 1. The quantitative estimate of drug-likeness (QED) is 0.880. The lowest BCUT2D eigenvalue weighted by atomic mass is 10.0. The Balaban J connectivity index is 1.66. The molecule has 1 aliphatic rings. The number of thiophene rings is 1. The lowest BCUT2D eigenvalue weighted by Gasteiger charge is -2.36. The summed E-state index contributed by atoms with van der Waals surface area (Å²) in [5.74, 6) is 0. The number of rotatable bonds is 6. The van der Waals surface area contributed by atoms with E-state index in [0.717, 1.165) is 31.2 Å². The van der Waals surface area contributed by atoms with Crippen LogP contribution in [0.5, 0.6) is 0 Å². The maximum Gasteiger partial charge on any atom is 0.124 e. The highest BCUT2D eigenvalue weighted by molar-refractivity contribution is 7.15. The van der Waals surface area contributed by atoms with Crippen molar-refractivity contribution in [2.75, 3.05) is 33.3 Å². The zero-order valence-corrected chi connectivity index (χ0v) is 14.6. The van der Waals surface area contributed by atoms with Gasteiger partial charge in [-0.05, 0) is 44.4 Å². The van der Waals surface area contributed by atoms with Crippen molar-refractivity contribution in [1.82, 2.24) is 14.8 Å². The summed E-state index contributed by atoms with van der Waals surface area (Å²) in [6, 6.07) is 2.70. The highest BCUT2D eigenvalue weighted by Gasteiger charge is 2.23. The molecule has 3 rings (SSSR count). The first kappa shape index (κ1) is 16.1. The highest BCUT2D eigenvalue weighted by Crippen LogP contribution is 2.28. The lowest BCUT2D eigenvalue weighted by Crippen LogP contribution is -2.44. The van der Waals surface area contributed by atoms with Crippen molar-refractivity contribution in [3.8, 4) is 10.6 Å². The van der Waals surface area contributed by atoms with Gasteiger partial charge in [0.2, 0.25) is 0 Å². The predicted octanol–water partition coefficient (Wildman–Crippen LogP) is 2.76. The van der Waals surface area contributed by atoms with Gasteiger partial charge in [-0.2, -0.15) is 11.3 Å². The van der Waals surface area contributed by atoms with Gasteiger partial charge in [0.1, 0.15) is 5.01 Å². The van der Waals surface area contributed by atoms with Gasteiger partial charge in [0.15, 0.2) is 0 Å². The minimum Gasteiger partial charge on any atom is -0.395 e. The van der Waals surface area contributed by atoms with Crippen LogP contribution in [0.1, 0.15) is 17.7 Å². The van der Waals surface area contributed by atoms with Crippen LogP contribution in [-0.4, -0.2) is 59.2 Å². The van der Waals surface area contributed by atoms with Gasteiger partial charge in [-0.3, -0.25) is 4.90 Å². The van der Waals surface area contributed by atoms with Gasteiger partial charge in [0.05, 0.1) is 6.61 Å². The second-order valence-corrected chi connectivity index (χ2v) is 7.77. The van der Waals surface area contributed by atoms with Crippen LogP contribution >= 0.6 is 22.7 Å². The number of hydrogen-bond donors (Lipinski definition) is 1. The molecule has 3 heterocycles. The number of piperidine rings is 1. The summed E-state index contributed by atoms with van der Waals surface area (Å²) in [6.07, 6.45) is 4.37. The largest absolute Gasteiger partial charge is 0.395 e. The molecule has 0 spiro atoms. The third-order valence-corrected chi connectivity index (χ3v) is 5.99. The fourth-order valence-electron chi connectivity index (χ4n) is 2.98. The molecule has 2 aromatic heterocycles. The third kappa shape index (κ3) is 3.94. The van der Waals surface area contributed by atoms with Gasteiger partial charge in [-0.1, -0.05) is 0 Å². The first-order valence-corrected chi connectivity index (χ1v) is 9.53. The maximum absolute atomic E-state index is 9.39. The van der Waals surface area contributed by atoms with E-state index in [1.807, 2.05) is 6.20 Å². The van der Waals surface area contributed by atoms with Gasteiger partial charge >= 0.3 is 0 Å². The van der Waals surface area contributed by atoms with E-state index in [-0.39, 0.29) is 6.61 Å². The number of thiazole rings is 1. The van der Waals surface area contributed by atoms with E-state index < -0.39 is 0 Å². The van der Waals surface area contributed by atoms with Gasteiger partial charge in [0, 0.05) is 41.1 Å². The van der Waals surface area contributed by atoms with Crippen LogP contribution < -0.4 is 0 Å². The third-order valence-electron chi connectivity index (χ3n) is 4.27. The number of aliphatic hydroxyl groups is 1. The van der Waals surface area contributed by atoms with Crippen molar-refractivity contribution < 1.29 is 5.11 Å². The average molecular weight is 338 g/mol. The fraction of sp³-hybridized carbons (Fsp3) is 0.562. The van der Waals surface area contributed by atoms with Crippen molar-refractivity contribution in [3.05, 3.63) is 27.9 Å². The van der Waals surface area contributed by atoms with E-state index in [4.69, 9.17) is 0 Å². The number of nitrogens with zero attached hydrogens (tertiary/aromatic N) is 3. The molecule has 0 saturated carbocycles. The van der Waals surface area contributed by atoms with Crippen LogP contribution in [0.2, 0.25) is 0 Å². The second-order valence-electron chi connectivity index (χ2n) is 5.87. The molecular formula is C16H23N3OS2. The van der Waals surface area contributed by atoms with Gasteiger partial charge < -0.3 is 10.0 Å². The van der Waals surface area contributed by atoms with E-state index >= 15 is 0 Å². The minimum absolute atomic E-state index is 0.225. The fourth-order valence-corrected chi connectivity index (χ4v) is 4.63. The summed E-state index contributed by atoms with van der Waals surface area (Å²) in [4.78, 5) is 10.7. The molecule has 1 fully saturated rings. The first-order valence-electron chi connectivity index (χ1n) is 7.77. The van der Waals surface area contributed by atoms with Crippen molar-refractivity contribution in [2.45, 2.75) is 25.4 Å². The topological polar surface area (TPSA) is 39.6 Å². The van der Waals surface area contributed by atoms with Crippen LogP contribution in [0.4, 0.5) is 0 Å². The van der Waals surface area contributed by atoms with Crippen LogP contribution in [0.15, 0.2) is 23.0 Å². The Labute approximate surface area is 140 Å². The molecule has 1 aliphatic heterocycles. The van der Waals surface area contributed by atoms with Crippen molar-refractivity contribution in [2.24, 2.45) is 0 Å². The first-order chi connectivity index (χ1) is 10.8. The Morgan fingerprint density at radius 2 is 2.23 bits per heavy atom. The van der Waals surface area contributed by atoms with E-state index in [1.165, 1.54) is 23.3 Å². The Morgan fingerprint density at radius 1 is 1.41 bits per heavy atom. The van der Waals surface area contributed by atoms with E-state index in [9.17, 15) is 5.11 Å². The highest BCUT2D eigenvalue weighted by atomic mass is 32.1. The van der Waals surface area contributed by atoms with Crippen LogP contribution in [0, 0.1) is 0 Å². The molecule has 0 aromatic carbocycles. The SMILES string of the molecule is CN1CCC(N(CCO)Cc2cnc(-c3ccsc3)s2)CC1. The molecule has 0 amide bonds. The zero-order valence-electron chi connectivity index (χ0n) is 12.9. The van der Waals surface area contributed by atoms with Crippen molar-refractivity contribution >= 4 is 22.7 Å². The van der Waals surface area contributed by atoms with Crippen LogP contribution in [0.25, 0.3) is 10.6 Å². The molecule has 6 heteroatoms. The Bertz CT molecular complexity index is 562. The molecule has 1 N–H and O–H groups in total. The Morgan fingerprint density at radius 3 is 2.91 bits per heavy atom. The van der Waals surface area contributed by atoms with Crippen molar-refractivity contribution in [1.29, 1.82) is 0 Å². The monoisotopic (exact) mass is 337 g/mol. The summed E-state index contributed by atoms with van der Waals surface area (Å²) < 4.78 is 0. The summed E-state index contributed by atoms with van der Waals surface area (Å²) >= 11 is 3.48. The molecule has 120 valence electrons. The van der Waals surface area contributed by atoms with Crippen LogP contribution in [0.3, 0.4) is 0 Å². The summed E-state index contributed by atoms with van der Waals surface area (Å²) in [7, 11) is 2.18. The zero-order chi connectivity index (χ0) is 15.4. The number of hydrogen-bond acceptors (Lipinski definition) is 6. The molecule has 22 heavy (non-hydrogen) atoms. The summed E-state index contributed by atoms with van der Waals surface area (Å²) in [6.45, 7) is 4.17. The predicted molar refractivity (Wildman–Crippen MR) is 93.4 cm³/mol. The van der Waals surface area contributed by atoms with Gasteiger partial charge in [-0.15, -0.1) is 11.3 Å². The molecule has 2 aromatic rings. The van der Waals surface area contributed by atoms with Gasteiger partial charge in [0.25, 0.3) is 0 Å². The number of aromatic nitrogens is 1. The molecule has 0 radical (unpaired) electrons. The molecule has 1 saturated heterocycles. The van der Waals surface area contributed by atoms with E-state index in [1.54, 1.807) is 22.7 Å². The Kier molecular flexibility index (Phi) is 5.60. The summed E-state index contributed by atoms with van der Waals surface area (Å²) in [5.41, 5.74) is 1.22. The minimum atomic E-state index is 0.225. The molecule has 4 nitrogen and oxygen atoms in total. The van der Waals surface area contributed by atoms with Crippen molar-refractivity contribution in [3.63, 3.8) is 0 Å². The van der Waals surface area contributed by atoms with E-state index in [0.29, 0.717) is 6.04 Å². The lowest BCUT2D eigenvalue weighted by molar-refractivity contribution is 0.0949. The molecule has 0 unspecified atom stereocenters. The molecular weight excluding hydrogens is 314 g/mol. The number of likely N-dealkylation sites (tertiary alicyclic amines) is 1. The average Bonchev–Trinajstić information content (AvgIpc) is 3.18. The van der Waals surface area contributed by atoms with E-state index in [2.05, 4.69) is 38.7 Å². The second kappa shape index (κ2) is 7.66. The van der Waals surface area contributed by atoms with Gasteiger partial charge in [-0.25, -0.2) is 4.98 Å². The maximum atomic E-state index is 9.39. The normalized spacial score (nSPS) is 17.4. The van der Waals surface area contributed by atoms with Crippen LogP contribution in [-0.2, 0) is 6.54 Å². The summed E-state index contributed by atoms with van der Waals surface area (Å²) in [5, 5.41) is 14.7. The molecule has 0 aliphatic carbocycles. The smallest absolute Gasteiger partial charge is 0.124 e. The standard InChI is InChI=1S/C16H23N3OS2/c1-18-5-2-14(3-6-18)19(7-8-20)11-15-10-17-16(22-15)13-4-9-21-12-13/h4,9-10,12,14,20H,2-3,5-8,11H2,1H3. The molecule has 0 atom stereocenters.